The minimum Gasteiger partial charge on any atom is -0.457 e. The van der Waals surface area contributed by atoms with Crippen molar-refractivity contribution >= 4 is 25.6 Å². The third-order valence-electron chi connectivity index (χ3n) is 2.46. The van der Waals surface area contributed by atoms with Crippen molar-refractivity contribution in [1.29, 1.82) is 0 Å². The summed E-state index contributed by atoms with van der Waals surface area (Å²) in [5.74, 6) is 0.275. The molecule has 1 amide bonds. The van der Waals surface area contributed by atoms with Gasteiger partial charge in [-0.05, 0) is 42.5 Å². The van der Waals surface area contributed by atoms with Crippen molar-refractivity contribution in [2.75, 3.05) is 0 Å². The van der Waals surface area contributed by atoms with E-state index >= 15 is 0 Å². The summed E-state index contributed by atoms with van der Waals surface area (Å²) in [6.07, 6.45) is 0. The summed E-state index contributed by atoms with van der Waals surface area (Å²) in [6.45, 7) is 0. The standard InChI is InChI=1S/C13H10ClNO4S/c14-20(17,18)12-6-4-10(5-7-12)19-11-3-1-2-9(8-11)13(15)16/h1-8H,(H2,15,16). The number of carbonyl (C=O) groups is 1. The van der Waals surface area contributed by atoms with Gasteiger partial charge >= 0.3 is 0 Å². The monoisotopic (exact) mass is 311 g/mol. The largest absolute Gasteiger partial charge is 0.457 e. The van der Waals surface area contributed by atoms with Gasteiger partial charge in [-0.15, -0.1) is 0 Å². The predicted octanol–water partition coefficient (Wildman–Crippen LogP) is 2.51. The molecule has 0 aliphatic carbocycles. The van der Waals surface area contributed by atoms with E-state index in [4.69, 9.17) is 21.2 Å². The zero-order valence-corrected chi connectivity index (χ0v) is 11.7. The van der Waals surface area contributed by atoms with E-state index in [0.29, 0.717) is 17.1 Å². The lowest BCUT2D eigenvalue weighted by atomic mass is 10.2. The van der Waals surface area contributed by atoms with Crippen molar-refractivity contribution < 1.29 is 17.9 Å². The summed E-state index contributed by atoms with van der Waals surface area (Å²) in [5, 5.41) is 0. The normalized spacial score (nSPS) is 11.1. The number of benzene rings is 2. The van der Waals surface area contributed by atoms with E-state index in [0.717, 1.165) is 0 Å². The first-order valence-electron chi connectivity index (χ1n) is 5.49. The third-order valence-corrected chi connectivity index (χ3v) is 3.83. The first-order chi connectivity index (χ1) is 9.36. The number of carbonyl (C=O) groups excluding carboxylic acids is 1. The van der Waals surface area contributed by atoms with Gasteiger partial charge in [0.2, 0.25) is 5.91 Å². The molecule has 0 spiro atoms. The highest BCUT2D eigenvalue weighted by Crippen LogP contribution is 2.24. The molecule has 0 atom stereocenters. The smallest absolute Gasteiger partial charge is 0.261 e. The van der Waals surface area contributed by atoms with E-state index in [1.165, 1.54) is 30.3 Å². The Morgan fingerprint density at radius 2 is 1.70 bits per heavy atom. The van der Waals surface area contributed by atoms with Crippen LogP contribution < -0.4 is 10.5 Å². The molecule has 2 rings (SSSR count). The Kier molecular flexibility index (Phi) is 3.96. The molecule has 2 aromatic rings. The van der Waals surface area contributed by atoms with E-state index in [1.54, 1.807) is 18.2 Å². The Hall–Kier alpha value is -2.05. The molecule has 0 radical (unpaired) electrons. The van der Waals surface area contributed by atoms with Gasteiger partial charge in [-0.3, -0.25) is 4.79 Å². The number of hydrogen-bond donors (Lipinski definition) is 1. The van der Waals surface area contributed by atoms with Crippen molar-refractivity contribution in [3.05, 3.63) is 54.1 Å². The fourth-order valence-corrected chi connectivity index (χ4v) is 2.29. The lowest BCUT2D eigenvalue weighted by Gasteiger charge is -2.07. The van der Waals surface area contributed by atoms with Gasteiger partial charge in [0, 0.05) is 16.2 Å². The predicted molar refractivity (Wildman–Crippen MR) is 74.5 cm³/mol. The van der Waals surface area contributed by atoms with E-state index in [2.05, 4.69) is 0 Å². The second-order valence-corrected chi connectivity index (χ2v) is 6.47. The number of primary amides is 1. The van der Waals surface area contributed by atoms with Crippen molar-refractivity contribution in [3.8, 4) is 11.5 Å². The molecule has 2 aromatic carbocycles. The van der Waals surface area contributed by atoms with Crippen molar-refractivity contribution in [2.24, 2.45) is 5.73 Å². The van der Waals surface area contributed by atoms with Crippen LogP contribution in [0.15, 0.2) is 53.4 Å². The van der Waals surface area contributed by atoms with Crippen molar-refractivity contribution in [3.63, 3.8) is 0 Å². The molecular formula is C13H10ClNO4S. The van der Waals surface area contributed by atoms with Gasteiger partial charge < -0.3 is 10.5 Å². The van der Waals surface area contributed by atoms with Gasteiger partial charge in [0.25, 0.3) is 9.05 Å². The molecule has 5 nitrogen and oxygen atoms in total. The van der Waals surface area contributed by atoms with Gasteiger partial charge in [0.15, 0.2) is 0 Å². The van der Waals surface area contributed by atoms with Gasteiger partial charge in [-0.25, -0.2) is 8.42 Å². The number of ether oxygens (including phenoxy) is 1. The zero-order valence-electron chi connectivity index (χ0n) is 10.1. The molecule has 0 saturated carbocycles. The van der Waals surface area contributed by atoms with Crippen LogP contribution in [0.1, 0.15) is 10.4 Å². The van der Waals surface area contributed by atoms with Gasteiger partial charge in [-0.2, -0.15) is 0 Å². The highest BCUT2D eigenvalue weighted by molar-refractivity contribution is 8.13. The van der Waals surface area contributed by atoms with Crippen LogP contribution in [0, 0.1) is 0 Å². The van der Waals surface area contributed by atoms with Crippen LogP contribution in [0.4, 0.5) is 0 Å². The van der Waals surface area contributed by atoms with Gasteiger partial charge in [0.1, 0.15) is 11.5 Å². The molecular weight excluding hydrogens is 302 g/mol. The van der Waals surface area contributed by atoms with Crippen LogP contribution in [-0.2, 0) is 9.05 Å². The molecule has 2 N–H and O–H groups in total. The van der Waals surface area contributed by atoms with Gasteiger partial charge in [-0.1, -0.05) is 6.07 Å². The van der Waals surface area contributed by atoms with Crippen LogP contribution in [0.5, 0.6) is 11.5 Å². The second-order valence-electron chi connectivity index (χ2n) is 3.90. The number of hydrogen-bond acceptors (Lipinski definition) is 4. The van der Waals surface area contributed by atoms with E-state index in [-0.39, 0.29) is 4.90 Å². The molecule has 0 fully saturated rings. The Labute approximate surface area is 120 Å². The Morgan fingerprint density at radius 1 is 1.05 bits per heavy atom. The number of rotatable bonds is 4. The molecule has 20 heavy (non-hydrogen) atoms. The van der Waals surface area contributed by atoms with E-state index in [1.807, 2.05) is 0 Å². The van der Waals surface area contributed by atoms with Crippen LogP contribution in [0.3, 0.4) is 0 Å². The summed E-state index contributed by atoms with van der Waals surface area (Å²) in [5.41, 5.74) is 5.49. The van der Waals surface area contributed by atoms with E-state index in [9.17, 15) is 13.2 Å². The number of nitrogens with two attached hydrogens (primary N) is 1. The molecule has 0 aromatic heterocycles. The fourth-order valence-electron chi connectivity index (χ4n) is 1.52. The summed E-state index contributed by atoms with van der Waals surface area (Å²) in [6, 6.07) is 11.9. The summed E-state index contributed by atoms with van der Waals surface area (Å²) in [7, 11) is 1.45. The van der Waals surface area contributed by atoms with Crippen LogP contribution in [0.2, 0.25) is 0 Å². The fraction of sp³-hybridized carbons (Fsp3) is 0. The molecule has 0 bridgehead atoms. The first kappa shape index (κ1) is 14.4. The molecule has 0 aliphatic rings. The van der Waals surface area contributed by atoms with Gasteiger partial charge in [0.05, 0.1) is 4.90 Å². The average molecular weight is 312 g/mol. The summed E-state index contributed by atoms with van der Waals surface area (Å²) < 4.78 is 27.7. The third kappa shape index (κ3) is 3.49. The van der Waals surface area contributed by atoms with Crippen LogP contribution in [-0.4, -0.2) is 14.3 Å². The molecule has 0 saturated heterocycles. The summed E-state index contributed by atoms with van der Waals surface area (Å²) in [4.78, 5) is 11.0. The van der Waals surface area contributed by atoms with Crippen LogP contribution in [0.25, 0.3) is 0 Å². The van der Waals surface area contributed by atoms with Crippen molar-refractivity contribution in [1.82, 2.24) is 0 Å². The first-order valence-corrected chi connectivity index (χ1v) is 7.79. The minimum absolute atomic E-state index is 0.0163. The number of amides is 1. The molecule has 0 aliphatic heterocycles. The topological polar surface area (TPSA) is 86.5 Å². The SMILES string of the molecule is NC(=O)c1cccc(Oc2ccc(S(=O)(=O)Cl)cc2)c1. The quantitative estimate of drug-likeness (QED) is 0.879. The lowest BCUT2D eigenvalue weighted by Crippen LogP contribution is -2.10. The Balaban J connectivity index is 2.22. The lowest BCUT2D eigenvalue weighted by molar-refractivity contribution is 0.1000. The Morgan fingerprint density at radius 3 is 2.25 bits per heavy atom. The Bertz CT molecular complexity index is 741. The minimum atomic E-state index is -3.75. The second kappa shape index (κ2) is 5.52. The van der Waals surface area contributed by atoms with Crippen molar-refractivity contribution in [2.45, 2.75) is 4.90 Å². The maximum atomic E-state index is 11.1. The highest BCUT2D eigenvalue weighted by Gasteiger charge is 2.09. The number of halogens is 1. The molecule has 0 heterocycles. The van der Waals surface area contributed by atoms with E-state index < -0.39 is 15.0 Å². The molecule has 7 heteroatoms. The average Bonchev–Trinajstić information content (AvgIpc) is 2.38. The maximum absolute atomic E-state index is 11.1. The summed E-state index contributed by atoms with van der Waals surface area (Å²) >= 11 is 0. The zero-order chi connectivity index (χ0) is 14.8. The molecule has 104 valence electrons. The maximum Gasteiger partial charge on any atom is 0.261 e. The highest BCUT2D eigenvalue weighted by atomic mass is 35.7. The molecule has 0 unspecified atom stereocenters. The van der Waals surface area contributed by atoms with Crippen LogP contribution >= 0.6 is 10.7 Å².